The summed E-state index contributed by atoms with van der Waals surface area (Å²) in [5.74, 6) is -0.498. The van der Waals surface area contributed by atoms with Gasteiger partial charge in [-0.2, -0.15) is 13.5 Å². The molecule has 0 saturated carbocycles. The molecule has 4 heterocycles. The van der Waals surface area contributed by atoms with Gasteiger partial charge in [0.15, 0.2) is 11.8 Å². The van der Waals surface area contributed by atoms with Crippen molar-refractivity contribution in [1.82, 2.24) is 19.4 Å². The second-order valence-electron chi connectivity index (χ2n) is 8.76. The number of imide groups is 1. The maximum absolute atomic E-state index is 13.9. The number of methoxy groups -OCH3 is 1. The number of aromatic nitrogens is 1. The van der Waals surface area contributed by atoms with Gasteiger partial charge in [0.1, 0.15) is 10.3 Å². The molecule has 3 aliphatic heterocycles. The van der Waals surface area contributed by atoms with Crippen LogP contribution in [0.15, 0.2) is 44.3 Å². The Bertz CT molecular complexity index is 1410. The van der Waals surface area contributed by atoms with Crippen LogP contribution in [0, 0.1) is 6.92 Å². The van der Waals surface area contributed by atoms with Gasteiger partial charge in [0.2, 0.25) is 0 Å². The topological polar surface area (TPSA) is 128 Å². The zero-order valence-electron chi connectivity index (χ0n) is 19.9. The molecule has 12 nitrogen and oxygen atoms in total. The van der Waals surface area contributed by atoms with E-state index in [0.29, 0.717) is 14.1 Å². The minimum atomic E-state index is -4.56. The Morgan fingerprint density at radius 2 is 1.86 bits per heavy atom. The number of carbonyl (C=O) groups excluding carboxylic acids is 3. The molecule has 0 aliphatic carbocycles. The summed E-state index contributed by atoms with van der Waals surface area (Å²) in [5.41, 5.74) is -0.768. The Hall–Kier alpha value is -2.46. The molecule has 0 radical (unpaired) electrons. The highest BCUT2D eigenvalue weighted by Gasteiger charge is 2.72. The van der Waals surface area contributed by atoms with Crippen LogP contribution in [-0.4, -0.2) is 77.9 Å². The van der Waals surface area contributed by atoms with E-state index in [2.05, 4.69) is 31.9 Å². The zero-order valence-corrected chi connectivity index (χ0v) is 23.9. The Morgan fingerprint density at radius 1 is 1.19 bits per heavy atom. The number of amides is 4. The number of urea groups is 1. The van der Waals surface area contributed by atoms with Crippen molar-refractivity contribution >= 4 is 60.0 Å². The molecule has 1 spiro atoms. The van der Waals surface area contributed by atoms with E-state index in [1.165, 1.54) is 28.7 Å². The summed E-state index contributed by atoms with van der Waals surface area (Å²) in [7, 11) is -3.11. The fraction of sp³-hybridized carbons (Fsp3) is 0.409. The normalized spacial score (nSPS) is 24.8. The standard InChI is InChI=1S/C22H22Br2N4O8S/c1-4-35-21(31)27-19-22(28(20(27)30)36-37(32,33)14-7-5-12(2)6-8-14)10-13(34-3)11-25(22)18(29)16-9-15(23)17(24)26(16)19/h5-9,13,19H,4,10-11H2,1-3H3/t13-,19+,22-/m0/s1. The van der Waals surface area contributed by atoms with Crippen LogP contribution in [0.25, 0.3) is 0 Å². The van der Waals surface area contributed by atoms with Crippen molar-refractivity contribution in [1.29, 1.82) is 0 Å². The average molecular weight is 662 g/mol. The number of benzene rings is 1. The number of aryl methyl sites for hydroxylation is 1. The summed E-state index contributed by atoms with van der Waals surface area (Å²) in [6, 6.07) is 6.31. The number of hydrogen-bond acceptors (Lipinski definition) is 8. The van der Waals surface area contributed by atoms with E-state index >= 15 is 0 Å². The largest absolute Gasteiger partial charge is 0.449 e. The highest BCUT2D eigenvalue weighted by Crippen LogP contribution is 2.55. The monoisotopic (exact) mass is 660 g/mol. The summed E-state index contributed by atoms with van der Waals surface area (Å²) in [6.45, 7) is 3.35. The lowest BCUT2D eigenvalue weighted by Crippen LogP contribution is -2.63. The molecule has 1 aromatic carbocycles. The van der Waals surface area contributed by atoms with Gasteiger partial charge in [-0.1, -0.05) is 17.7 Å². The van der Waals surface area contributed by atoms with Crippen LogP contribution in [0.2, 0.25) is 0 Å². The van der Waals surface area contributed by atoms with Gasteiger partial charge in [-0.25, -0.2) is 14.5 Å². The van der Waals surface area contributed by atoms with E-state index in [0.717, 1.165) is 10.5 Å². The first-order valence-electron chi connectivity index (χ1n) is 11.2. The Morgan fingerprint density at radius 3 is 2.49 bits per heavy atom. The molecule has 0 bridgehead atoms. The molecule has 3 atom stereocenters. The molecule has 2 fully saturated rings. The summed E-state index contributed by atoms with van der Waals surface area (Å²) in [5, 5.41) is 0.601. The number of rotatable bonds is 5. The molecule has 1 aromatic heterocycles. The van der Waals surface area contributed by atoms with Crippen molar-refractivity contribution in [3.8, 4) is 0 Å². The van der Waals surface area contributed by atoms with Gasteiger partial charge < -0.3 is 18.9 Å². The molecule has 198 valence electrons. The number of hydrogen-bond donors (Lipinski definition) is 0. The molecule has 2 saturated heterocycles. The van der Waals surface area contributed by atoms with Crippen molar-refractivity contribution in [3.63, 3.8) is 0 Å². The minimum Gasteiger partial charge on any atom is -0.449 e. The molecule has 5 rings (SSSR count). The second-order valence-corrected chi connectivity index (χ2v) is 11.9. The van der Waals surface area contributed by atoms with E-state index < -0.39 is 46.1 Å². The van der Waals surface area contributed by atoms with Crippen molar-refractivity contribution in [2.75, 3.05) is 20.3 Å². The fourth-order valence-electron chi connectivity index (χ4n) is 5.05. The van der Waals surface area contributed by atoms with E-state index in [1.54, 1.807) is 32.0 Å². The number of fused-ring (bicyclic) bond motifs is 2. The highest BCUT2D eigenvalue weighted by molar-refractivity contribution is 9.13. The maximum Gasteiger partial charge on any atom is 0.419 e. The Balaban J connectivity index is 1.73. The Labute approximate surface area is 229 Å². The number of carbonyl (C=O) groups is 3. The molecular weight excluding hydrogens is 640 g/mol. The van der Waals surface area contributed by atoms with Crippen LogP contribution in [0.1, 0.15) is 35.6 Å². The first-order valence-corrected chi connectivity index (χ1v) is 14.2. The number of ether oxygens (including phenoxy) is 2. The van der Waals surface area contributed by atoms with Gasteiger partial charge in [-0.3, -0.25) is 4.79 Å². The smallest absolute Gasteiger partial charge is 0.419 e. The molecule has 37 heavy (non-hydrogen) atoms. The third kappa shape index (κ3) is 3.73. The predicted molar refractivity (Wildman–Crippen MR) is 134 cm³/mol. The third-order valence-electron chi connectivity index (χ3n) is 6.69. The Kier molecular flexibility index (Phi) is 6.42. The summed E-state index contributed by atoms with van der Waals surface area (Å²) in [4.78, 5) is 42.6. The molecule has 4 amide bonds. The quantitative estimate of drug-likeness (QED) is 0.476. The second kappa shape index (κ2) is 9.08. The number of hydroxylamine groups is 2. The van der Waals surface area contributed by atoms with Crippen LogP contribution in [0.4, 0.5) is 9.59 Å². The van der Waals surface area contributed by atoms with Crippen molar-refractivity contribution < 1.29 is 36.6 Å². The molecule has 15 heteroatoms. The molecule has 0 N–H and O–H groups in total. The zero-order chi connectivity index (χ0) is 26.9. The van der Waals surface area contributed by atoms with E-state index in [-0.39, 0.29) is 30.2 Å². The van der Waals surface area contributed by atoms with Gasteiger partial charge in [0.05, 0.1) is 22.1 Å². The summed E-state index contributed by atoms with van der Waals surface area (Å²) >= 11 is 6.82. The fourth-order valence-corrected chi connectivity index (χ4v) is 6.90. The lowest BCUT2D eigenvalue weighted by Gasteiger charge is -2.46. The first kappa shape index (κ1) is 26.2. The van der Waals surface area contributed by atoms with Crippen LogP contribution in [0.3, 0.4) is 0 Å². The van der Waals surface area contributed by atoms with E-state index in [1.807, 2.05) is 0 Å². The van der Waals surface area contributed by atoms with E-state index in [4.69, 9.17) is 13.8 Å². The number of nitrogens with zero attached hydrogens (tertiary/aromatic N) is 4. The van der Waals surface area contributed by atoms with Crippen molar-refractivity contribution in [3.05, 3.63) is 50.7 Å². The van der Waals surface area contributed by atoms with Crippen molar-refractivity contribution in [2.45, 2.75) is 43.1 Å². The van der Waals surface area contributed by atoms with Gasteiger partial charge >= 0.3 is 22.2 Å². The summed E-state index contributed by atoms with van der Waals surface area (Å²) in [6.07, 6.45) is -2.87. The van der Waals surface area contributed by atoms with Gasteiger partial charge in [-0.05, 0) is 63.9 Å². The molecule has 3 aliphatic rings. The number of halogens is 2. The highest BCUT2D eigenvalue weighted by atomic mass is 79.9. The SMILES string of the molecule is CCOC(=O)N1C(=O)N(OS(=O)(=O)c2ccc(C)cc2)[C@]23C[C@H](OC)CN2C(=O)c2cc(Br)c(Br)n2[C@H]13. The molecule has 0 unspecified atom stereocenters. The molecule has 2 aromatic rings. The lowest BCUT2D eigenvalue weighted by atomic mass is 9.99. The first-order chi connectivity index (χ1) is 17.5. The van der Waals surface area contributed by atoms with Crippen LogP contribution >= 0.6 is 31.9 Å². The van der Waals surface area contributed by atoms with Gasteiger partial charge in [0.25, 0.3) is 5.91 Å². The summed E-state index contributed by atoms with van der Waals surface area (Å²) < 4.78 is 45.2. The van der Waals surface area contributed by atoms with Crippen LogP contribution in [-0.2, 0) is 23.9 Å². The average Bonchev–Trinajstić information content (AvgIpc) is 3.46. The molecular formula is C22H22Br2N4O8S. The van der Waals surface area contributed by atoms with Gasteiger partial charge in [0, 0.05) is 20.1 Å². The van der Waals surface area contributed by atoms with E-state index in [9.17, 15) is 22.8 Å². The van der Waals surface area contributed by atoms with Crippen LogP contribution in [0.5, 0.6) is 0 Å². The maximum atomic E-state index is 13.9. The minimum absolute atomic E-state index is 0.0284. The lowest BCUT2D eigenvalue weighted by molar-refractivity contribution is -0.145. The predicted octanol–water partition coefficient (Wildman–Crippen LogP) is 3.61. The van der Waals surface area contributed by atoms with Crippen molar-refractivity contribution in [2.24, 2.45) is 0 Å². The van der Waals surface area contributed by atoms with Gasteiger partial charge in [-0.15, -0.1) is 4.28 Å². The third-order valence-corrected chi connectivity index (χ3v) is 9.83. The van der Waals surface area contributed by atoms with Crippen LogP contribution < -0.4 is 0 Å².